The van der Waals surface area contributed by atoms with E-state index in [0.29, 0.717) is 28.7 Å². The lowest BCUT2D eigenvalue weighted by atomic mass is 9.59. The third-order valence-electron chi connectivity index (χ3n) is 7.63. The van der Waals surface area contributed by atoms with Crippen molar-refractivity contribution >= 4 is 29.4 Å². The summed E-state index contributed by atoms with van der Waals surface area (Å²) in [5.41, 5.74) is 2.56. The van der Waals surface area contributed by atoms with Crippen LogP contribution in [0.2, 0.25) is 0 Å². The lowest BCUT2D eigenvalue weighted by Crippen LogP contribution is -2.39. The van der Waals surface area contributed by atoms with Crippen molar-refractivity contribution in [2.24, 2.45) is 17.8 Å². The Morgan fingerprint density at radius 3 is 2.60 bits per heavy atom. The van der Waals surface area contributed by atoms with Gasteiger partial charge in [0.25, 0.3) is 0 Å². The molecule has 0 bridgehead atoms. The van der Waals surface area contributed by atoms with Gasteiger partial charge in [-0.15, -0.1) is 0 Å². The highest BCUT2D eigenvalue weighted by molar-refractivity contribution is 6.23. The van der Waals surface area contributed by atoms with Gasteiger partial charge in [-0.1, -0.05) is 23.8 Å². The molecule has 2 amide bonds. The van der Waals surface area contributed by atoms with Gasteiger partial charge >= 0.3 is 5.97 Å². The summed E-state index contributed by atoms with van der Waals surface area (Å²) in [4.78, 5) is 64.9. The highest BCUT2D eigenvalue weighted by Crippen LogP contribution is 2.55. The number of carboxylic acid groups (broad SMARTS) is 1. The average molecular weight is 475 g/mol. The third kappa shape index (κ3) is 3.64. The largest absolute Gasteiger partial charge is 0.508 e. The van der Waals surface area contributed by atoms with Gasteiger partial charge in [0.15, 0.2) is 11.6 Å². The van der Waals surface area contributed by atoms with Gasteiger partial charge in [0.05, 0.1) is 11.8 Å². The van der Waals surface area contributed by atoms with E-state index in [1.807, 2.05) is 6.08 Å². The van der Waals surface area contributed by atoms with Crippen molar-refractivity contribution in [1.82, 2.24) is 4.90 Å². The number of carbonyl (C=O) groups excluding carboxylic acids is 4. The SMILES string of the molecule is CC1=CC(=O)C2=C(C[C@@H]3C(=CC[C@@H]4C(=O)N(CCCC(=O)O)C(=O)[C@@H]43)[C@@H]2c2cccc(O)c2)C1=O. The smallest absolute Gasteiger partial charge is 0.303 e. The van der Waals surface area contributed by atoms with Gasteiger partial charge in [0.1, 0.15) is 5.75 Å². The van der Waals surface area contributed by atoms with Crippen LogP contribution in [0.4, 0.5) is 0 Å². The molecule has 0 spiro atoms. The van der Waals surface area contributed by atoms with Gasteiger partial charge in [0.2, 0.25) is 11.8 Å². The summed E-state index contributed by atoms with van der Waals surface area (Å²) < 4.78 is 0. The van der Waals surface area contributed by atoms with Gasteiger partial charge in [0, 0.05) is 35.6 Å². The van der Waals surface area contributed by atoms with Crippen molar-refractivity contribution in [2.45, 2.75) is 38.5 Å². The molecule has 3 aliphatic carbocycles. The second-order valence-corrected chi connectivity index (χ2v) is 9.65. The van der Waals surface area contributed by atoms with Crippen LogP contribution in [-0.2, 0) is 24.0 Å². The molecule has 1 aliphatic heterocycles. The fourth-order valence-corrected chi connectivity index (χ4v) is 6.14. The normalized spacial score (nSPS) is 27.9. The van der Waals surface area contributed by atoms with E-state index in [9.17, 15) is 29.1 Å². The maximum absolute atomic E-state index is 13.5. The minimum atomic E-state index is -0.991. The van der Waals surface area contributed by atoms with E-state index in [2.05, 4.69) is 0 Å². The number of carboxylic acids is 1. The van der Waals surface area contributed by atoms with Crippen molar-refractivity contribution in [3.8, 4) is 5.75 Å². The van der Waals surface area contributed by atoms with Crippen LogP contribution in [0.3, 0.4) is 0 Å². The van der Waals surface area contributed by atoms with Gasteiger partial charge in [-0.25, -0.2) is 0 Å². The minimum Gasteiger partial charge on any atom is -0.508 e. The molecule has 5 rings (SSSR count). The summed E-state index contributed by atoms with van der Waals surface area (Å²) in [5.74, 6) is -4.39. The number of aliphatic carboxylic acids is 1. The van der Waals surface area contributed by atoms with Crippen LogP contribution in [0, 0.1) is 17.8 Å². The predicted octanol–water partition coefficient (Wildman–Crippen LogP) is 2.69. The molecular weight excluding hydrogens is 450 g/mol. The maximum atomic E-state index is 13.5. The number of aromatic hydroxyl groups is 1. The molecule has 8 nitrogen and oxygen atoms in total. The number of carbonyl (C=O) groups is 5. The number of nitrogens with zero attached hydrogens (tertiary/aromatic N) is 1. The Morgan fingerprint density at radius 2 is 1.89 bits per heavy atom. The first-order valence-electron chi connectivity index (χ1n) is 11.7. The fraction of sp³-hybridized carbons (Fsp3) is 0.370. The van der Waals surface area contributed by atoms with Crippen LogP contribution in [0.5, 0.6) is 5.75 Å². The molecule has 35 heavy (non-hydrogen) atoms. The molecule has 1 heterocycles. The number of hydrogen-bond donors (Lipinski definition) is 2. The number of Topliss-reactive ketones (excluding diaryl/α,β-unsaturated/α-hetero) is 1. The first-order chi connectivity index (χ1) is 16.7. The van der Waals surface area contributed by atoms with E-state index >= 15 is 0 Å². The van der Waals surface area contributed by atoms with E-state index in [1.54, 1.807) is 25.1 Å². The first-order valence-corrected chi connectivity index (χ1v) is 11.7. The van der Waals surface area contributed by atoms with Gasteiger partial charge < -0.3 is 10.2 Å². The Bertz CT molecular complexity index is 1280. The molecular formula is C27H25NO7. The number of benzene rings is 1. The number of phenolic OH excluding ortho intramolecular Hbond substituents is 1. The first kappa shape index (κ1) is 23.0. The minimum absolute atomic E-state index is 0.0269. The Kier molecular flexibility index (Phi) is 5.54. The molecule has 0 saturated carbocycles. The zero-order valence-electron chi connectivity index (χ0n) is 19.2. The molecule has 1 saturated heterocycles. The Hall–Kier alpha value is -3.81. The van der Waals surface area contributed by atoms with Gasteiger partial charge in [-0.3, -0.25) is 28.9 Å². The van der Waals surface area contributed by atoms with Crippen LogP contribution >= 0.6 is 0 Å². The quantitative estimate of drug-likeness (QED) is 0.381. The van der Waals surface area contributed by atoms with Crippen LogP contribution in [-0.4, -0.2) is 51.0 Å². The second-order valence-electron chi connectivity index (χ2n) is 9.65. The highest BCUT2D eigenvalue weighted by Gasteiger charge is 2.56. The van der Waals surface area contributed by atoms with Crippen molar-refractivity contribution < 1.29 is 34.2 Å². The number of imide groups is 1. The monoisotopic (exact) mass is 475 g/mol. The standard InChI is InChI=1S/C27H25NO7/c1-13-10-20(30)24-19(25(13)33)12-18-16(22(24)14-4-2-5-15(29)11-14)7-8-17-23(18)27(35)28(26(17)34)9-3-6-21(31)32/h2,4-5,7,10-11,17-18,22-23,29H,3,6,8-9,12H2,1H3,(H,31,32)/t17-,18+,22-,23-/m0/s1. The molecule has 4 aliphatic rings. The Morgan fingerprint density at radius 1 is 1.11 bits per heavy atom. The second kappa shape index (κ2) is 8.45. The van der Waals surface area contributed by atoms with E-state index < -0.39 is 29.6 Å². The lowest BCUT2D eigenvalue weighted by Gasteiger charge is -2.42. The zero-order chi connectivity index (χ0) is 25.0. The van der Waals surface area contributed by atoms with E-state index in [4.69, 9.17) is 5.11 Å². The summed E-state index contributed by atoms with van der Waals surface area (Å²) in [6.07, 6.45) is 3.81. The molecule has 1 aromatic rings. The van der Waals surface area contributed by atoms with Crippen molar-refractivity contribution in [2.75, 3.05) is 6.54 Å². The zero-order valence-corrected chi connectivity index (χ0v) is 19.2. The fourth-order valence-electron chi connectivity index (χ4n) is 6.14. The molecule has 180 valence electrons. The Labute approximate surface area is 201 Å². The predicted molar refractivity (Wildman–Crippen MR) is 123 cm³/mol. The summed E-state index contributed by atoms with van der Waals surface area (Å²) >= 11 is 0. The number of fused-ring (bicyclic) bond motifs is 3. The number of ketones is 2. The van der Waals surface area contributed by atoms with Crippen LogP contribution in [0.15, 0.2) is 58.7 Å². The van der Waals surface area contributed by atoms with E-state index in [0.717, 1.165) is 5.57 Å². The number of hydrogen-bond acceptors (Lipinski definition) is 6. The number of allylic oxidation sites excluding steroid dienone is 6. The molecule has 1 fully saturated rings. The highest BCUT2D eigenvalue weighted by atomic mass is 16.4. The maximum Gasteiger partial charge on any atom is 0.303 e. The van der Waals surface area contributed by atoms with Crippen molar-refractivity contribution in [3.63, 3.8) is 0 Å². The van der Waals surface area contributed by atoms with Crippen LogP contribution < -0.4 is 0 Å². The topological polar surface area (TPSA) is 129 Å². The number of rotatable bonds is 5. The number of amides is 2. The number of likely N-dealkylation sites (tertiary alicyclic amines) is 1. The third-order valence-corrected chi connectivity index (χ3v) is 7.63. The summed E-state index contributed by atoms with van der Waals surface area (Å²) in [6.45, 7) is 1.64. The lowest BCUT2D eigenvalue weighted by molar-refractivity contribution is -0.142. The molecule has 8 heteroatoms. The molecule has 1 aromatic carbocycles. The van der Waals surface area contributed by atoms with Crippen molar-refractivity contribution in [1.29, 1.82) is 0 Å². The molecule has 0 unspecified atom stereocenters. The van der Waals surface area contributed by atoms with E-state index in [-0.39, 0.29) is 54.9 Å². The van der Waals surface area contributed by atoms with Crippen LogP contribution in [0.1, 0.15) is 44.1 Å². The molecule has 4 atom stereocenters. The van der Waals surface area contributed by atoms with E-state index in [1.165, 1.54) is 17.0 Å². The number of phenols is 1. The Balaban J connectivity index is 1.58. The summed E-state index contributed by atoms with van der Waals surface area (Å²) in [6, 6.07) is 6.54. The van der Waals surface area contributed by atoms with Gasteiger partial charge in [-0.05, 0) is 55.9 Å². The molecule has 0 aromatic heterocycles. The summed E-state index contributed by atoms with van der Waals surface area (Å²) in [5, 5.41) is 19.1. The summed E-state index contributed by atoms with van der Waals surface area (Å²) in [7, 11) is 0. The molecule has 0 radical (unpaired) electrons. The van der Waals surface area contributed by atoms with Crippen LogP contribution in [0.25, 0.3) is 0 Å². The molecule has 2 N–H and O–H groups in total. The van der Waals surface area contributed by atoms with Gasteiger partial charge in [-0.2, -0.15) is 0 Å². The van der Waals surface area contributed by atoms with Crippen molar-refractivity contribution in [3.05, 3.63) is 64.3 Å². The average Bonchev–Trinajstić information content (AvgIpc) is 3.06.